The van der Waals surface area contributed by atoms with Gasteiger partial charge in [0.15, 0.2) is 0 Å². The molecular weight excluding hydrogens is 328 g/mol. The van der Waals surface area contributed by atoms with E-state index in [4.69, 9.17) is 0 Å². The maximum Gasteiger partial charge on any atom is 0.321 e. The van der Waals surface area contributed by atoms with Gasteiger partial charge in [0, 0.05) is 30.5 Å². The van der Waals surface area contributed by atoms with Crippen molar-refractivity contribution in [1.29, 1.82) is 0 Å². The summed E-state index contributed by atoms with van der Waals surface area (Å²) in [5, 5.41) is 5.89. The van der Waals surface area contributed by atoms with Crippen molar-refractivity contribution in [2.45, 2.75) is 38.3 Å². The van der Waals surface area contributed by atoms with Gasteiger partial charge < -0.3 is 15.5 Å². The lowest BCUT2D eigenvalue weighted by Crippen LogP contribution is -2.32. The minimum Gasteiger partial charge on any atom is -0.349 e. The van der Waals surface area contributed by atoms with Crippen LogP contribution in [-0.2, 0) is 6.54 Å². The number of anilines is 1. The molecule has 136 valence electrons. The number of carbonyl (C=O) groups is 2. The van der Waals surface area contributed by atoms with Crippen LogP contribution >= 0.6 is 0 Å². The van der Waals surface area contributed by atoms with Gasteiger partial charge in [0.05, 0.1) is 12.2 Å². The van der Waals surface area contributed by atoms with Crippen LogP contribution in [0.1, 0.15) is 41.7 Å². The lowest BCUT2D eigenvalue weighted by molar-refractivity contribution is 0.0938. The number of hydrogen-bond acceptors (Lipinski definition) is 3. The van der Waals surface area contributed by atoms with E-state index in [0.29, 0.717) is 23.8 Å². The smallest absolute Gasteiger partial charge is 0.321 e. The van der Waals surface area contributed by atoms with E-state index in [1.54, 1.807) is 42.4 Å². The van der Waals surface area contributed by atoms with Gasteiger partial charge in [-0.3, -0.25) is 9.78 Å². The Morgan fingerprint density at radius 3 is 2.50 bits per heavy atom. The third-order valence-electron chi connectivity index (χ3n) is 4.56. The minimum atomic E-state index is -0.223. The number of nitrogens with one attached hydrogen (secondary N) is 2. The highest BCUT2D eigenvalue weighted by atomic mass is 16.2. The average Bonchev–Trinajstić information content (AvgIpc) is 3.16. The van der Waals surface area contributed by atoms with Gasteiger partial charge in [0.1, 0.15) is 0 Å². The summed E-state index contributed by atoms with van der Waals surface area (Å²) in [4.78, 5) is 30.3. The molecule has 6 nitrogen and oxygen atoms in total. The lowest BCUT2D eigenvalue weighted by Gasteiger charge is -2.17. The zero-order valence-electron chi connectivity index (χ0n) is 14.9. The van der Waals surface area contributed by atoms with Crippen LogP contribution < -0.4 is 10.6 Å². The fourth-order valence-corrected chi connectivity index (χ4v) is 3.07. The van der Waals surface area contributed by atoms with Gasteiger partial charge in [0.25, 0.3) is 5.91 Å². The summed E-state index contributed by atoms with van der Waals surface area (Å²) in [6, 6.07) is 12.6. The summed E-state index contributed by atoms with van der Waals surface area (Å²) < 4.78 is 0. The van der Waals surface area contributed by atoms with Crippen LogP contribution in [0.2, 0.25) is 0 Å². The molecule has 2 N–H and O–H groups in total. The molecule has 0 atom stereocenters. The SMILES string of the molecule is CN(Cc1ccccn1)C(=O)Nc1ccc(C(=O)NC2CCCC2)cc1. The average molecular weight is 352 g/mol. The van der Waals surface area contributed by atoms with Gasteiger partial charge in [-0.1, -0.05) is 18.9 Å². The van der Waals surface area contributed by atoms with Crippen molar-refractivity contribution in [2.75, 3.05) is 12.4 Å². The molecule has 2 aromatic rings. The Bertz CT molecular complexity index is 740. The number of nitrogens with zero attached hydrogens (tertiary/aromatic N) is 2. The van der Waals surface area contributed by atoms with Gasteiger partial charge >= 0.3 is 6.03 Å². The molecule has 3 rings (SSSR count). The van der Waals surface area contributed by atoms with Crippen molar-refractivity contribution in [2.24, 2.45) is 0 Å². The zero-order valence-corrected chi connectivity index (χ0v) is 14.9. The molecule has 0 unspecified atom stereocenters. The second-order valence-electron chi connectivity index (χ2n) is 6.64. The first-order chi connectivity index (χ1) is 12.6. The van der Waals surface area contributed by atoms with Crippen LogP contribution in [0.5, 0.6) is 0 Å². The third-order valence-corrected chi connectivity index (χ3v) is 4.56. The second-order valence-corrected chi connectivity index (χ2v) is 6.64. The largest absolute Gasteiger partial charge is 0.349 e. The predicted molar refractivity (Wildman–Crippen MR) is 101 cm³/mol. The van der Waals surface area contributed by atoms with E-state index in [0.717, 1.165) is 18.5 Å². The summed E-state index contributed by atoms with van der Waals surface area (Å²) in [6.07, 6.45) is 6.19. The van der Waals surface area contributed by atoms with Crippen molar-refractivity contribution in [3.05, 3.63) is 59.9 Å². The summed E-state index contributed by atoms with van der Waals surface area (Å²) in [7, 11) is 1.72. The summed E-state index contributed by atoms with van der Waals surface area (Å²) in [5.41, 5.74) is 2.08. The fraction of sp³-hybridized carbons (Fsp3) is 0.350. The van der Waals surface area contributed by atoms with Crippen LogP contribution in [0.4, 0.5) is 10.5 Å². The Hall–Kier alpha value is -2.89. The van der Waals surface area contributed by atoms with E-state index in [1.165, 1.54) is 12.8 Å². The molecule has 1 aliphatic rings. The van der Waals surface area contributed by atoms with Gasteiger partial charge in [-0.05, 0) is 49.2 Å². The van der Waals surface area contributed by atoms with Gasteiger partial charge in [-0.2, -0.15) is 0 Å². The maximum atomic E-state index is 12.3. The number of hydrogen-bond donors (Lipinski definition) is 2. The van der Waals surface area contributed by atoms with Gasteiger partial charge in [-0.15, -0.1) is 0 Å². The van der Waals surface area contributed by atoms with Crippen molar-refractivity contribution in [1.82, 2.24) is 15.2 Å². The van der Waals surface area contributed by atoms with Crippen molar-refractivity contribution < 1.29 is 9.59 Å². The Labute approximate surface area is 153 Å². The number of benzene rings is 1. The molecule has 1 aromatic heterocycles. The Balaban J connectivity index is 1.53. The van der Waals surface area contributed by atoms with Crippen LogP contribution in [-0.4, -0.2) is 34.9 Å². The molecule has 1 heterocycles. The number of amides is 3. The van der Waals surface area contributed by atoms with Crippen LogP contribution in [0, 0.1) is 0 Å². The van der Waals surface area contributed by atoms with E-state index in [-0.39, 0.29) is 11.9 Å². The first kappa shape index (κ1) is 17.9. The lowest BCUT2D eigenvalue weighted by atomic mass is 10.1. The van der Waals surface area contributed by atoms with E-state index >= 15 is 0 Å². The summed E-state index contributed by atoms with van der Waals surface area (Å²) in [5.74, 6) is -0.0537. The van der Waals surface area contributed by atoms with Crippen LogP contribution in [0.3, 0.4) is 0 Å². The monoisotopic (exact) mass is 352 g/mol. The molecular formula is C20H24N4O2. The fourth-order valence-electron chi connectivity index (χ4n) is 3.07. The van der Waals surface area contributed by atoms with Crippen molar-refractivity contribution in [3.8, 4) is 0 Å². The number of carbonyl (C=O) groups excluding carboxylic acids is 2. The molecule has 1 aromatic carbocycles. The van der Waals surface area contributed by atoms with Crippen LogP contribution in [0.15, 0.2) is 48.7 Å². The van der Waals surface area contributed by atoms with Gasteiger partial charge in [0.2, 0.25) is 0 Å². The molecule has 1 saturated carbocycles. The molecule has 1 aliphatic carbocycles. The molecule has 0 saturated heterocycles. The van der Waals surface area contributed by atoms with Crippen molar-refractivity contribution in [3.63, 3.8) is 0 Å². The predicted octanol–water partition coefficient (Wildman–Crippen LogP) is 3.42. The highest BCUT2D eigenvalue weighted by Crippen LogP contribution is 2.18. The van der Waals surface area contributed by atoms with E-state index < -0.39 is 0 Å². The zero-order chi connectivity index (χ0) is 18.4. The highest BCUT2D eigenvalue weighted by Gasteiger charge is 2.18. The molecule has 1 fully saturated rings. The number of rotatable bonds is 5. The van der Waals surface area contributed by atoms with E-state index in [2.05, 4.69) is 15.6 Å². The molecule has 0 spiro atoms. The van der Waals surface area contributed by atoms with E-state index in [9.17, 15) is 9.59 Å². The molecule has 0 aliphatic heterocycles. The quantitative estimate of drug-likeness (QED) is 0.866. The Morgan fingerprint density at radius 2 is 1.85 bits per heavy atom. The number of pyridine rings is 1. The topological polar surface area (TPSA) is 74.3 Å². The Morgan fingerprint density at radius 1 is 1.12 bits per heavy atom. The molecule has 0 radical (unpaired) electrons. The highest BCUT2D eigenvalue weighted by molar-refractivity contribution is 5.95. The third kappa shape index (κ3) is 4.81. The Kier molecular flexibility index (Phi) is 5.84. The normalized spacial score (nSPS) is 14.0. The molecule has 3 amide bonds. The summed E-state index contributed by atoms with van der Waals surface area (Å²) >= 11 is 0. The van der Waals surface area contributed by atoms with Gasteiger partial charge in [-0.25, -0.2) is 4.79 Å². The first-order valence-electron chi connectivity index (χ1n) is 8.95. The summed E-state index contributed by atoms with van der Waals surface area (Å²) in [6.45, 7) is 0.425. The minimum absolute atomic E-state index is 0.0537. The maximum absolute atomic E-state index is 12.3. The number of urea groups is 1. The molecule has 26 heavy (non-hydrogen) atoms. The standard InChI is InChI=1S/C20H24N4O2/c1-24(14-18-8-4-5-13-21-18)20(26)23-17-11-9-15(10-12-17)19(25)22-16-6-2-3-7-16/h4-5,8-13,16H,2-3,6-7,14H2,1H3,(H,22,25)(H,23,26). The van der Waals surface area contributed by atoms with Crippen molar-refractivity contribution >= 4 is 17.6 Å². The first-order valence-corrected chi connectivity index (χ1v) is 8.95. The molecule has 0 bridgehead atoms. The molecule has 6 heteroatoms. The second kappa shape index (κ2) is 8.47. The number of aromatic nitrogens is 1. The van der Waals surface area contributed by atoms with E-state index in [1.807, 2.05) is 18.2 Å². The van der Waals surface area contributed by atoms with Crippen LogP contribution in [0.25, 0.3) is 0 Å².